The van der Waals surface area contributed by atoms with Crippen LogP contribution in [-0.2, 0) is 9.53 Å². The number of ether oxygens (including phenoxy) is 1. The van der Waals surface area contributed by atoms with Crippen LogP contribution in [0.3, 0.4) is 0 Å². The van der Waals surface area contributed by atoms with E-state index in [9.17, 15) is 4.79 Å². The molecule has 0 aromatic carbocycles. The third-order valence-corrected chi connectivity index (χ3v) is 3.66. The minimum atomic E-state index is -0.328. The van der Waals surface area contributed by atoms with Gasteiger partial charge in [0.05, 0.1) is 15.8 Å². The van der Waals surface area contributed by atoms with Crippen molar-refractivity contribution < 1.29 is 9.53 Å². The van der Waals surface area contributed by atoms with Gasteiger partial charge in [0.15, 0.2) is 0 Å². The molecule has 0 aliphatic rings. The summed E-state index contributed by atoms with van der Waals surface area (Å²) in [7, 11) is 0. The SMILES string of the molecule is C=C/C(Cl)=C(\C(Cl)=C/C)N(CCC)CCCC.CC.CC(=O)OC(C)(C)C. The van der Waals surface area contributed by atoms with E-state index in [4.69, 9.17) is 27.9 Å². The Morgan fingerprint density at radius 3 is 1.89 bits per heavy atom. The summed E-state index contributed by atoms with van der Waals surface area (Å²) in [6.45, 7) is 22.8. The third-order valence-electron chi connectivity index (χ3n) is 2.93. The molecule has 0 bridgehead atoms. The van der Waals surface area contributed by atoms with Crippen LogP contribution in [0, 0.1) is 0 Å². The number of hydrogen-bond donors (Lipinski definition) is 0. The average Bonchev–Trinajstić information content (AvgIpc) is 2.59. The van der Waals surface area contributed by atoms with Crippen LogP contribution in [0.25, 0.3) is 0 Å². The summed E-state index contributed by atoms with van der Waals surface area (Å²) in [6, 6.07) is 0. The molecule has 0 heterocycles. The monoisotopic (exact) mass is 421 g/mol. The summed E-state index contributed by atoms with van der Waals surface area (Å²) in [5.74, 6) is -0.225. The van der Waals surface area contributed by atoms with Gasteiger partial charge in [-0.25, -0.2) is 0 Å². The molecular formula is C22H41Cl2NO2. The Balaban J connectivity index is -0.000000482. The van der Waals surface area contributed by atoms with E-state index in [0.29, 0.717) is 10.1 Å². The van der Waals surface area contributed by atoms with Crippen molar-refractivity contribution in [3.05, 3.63) is 34.5 Å². The summed E-state index contributed by atoms with van der Waals surface area (Å²) >= 11 is 12.5. The van der Waals surface area contributed by atoms with E-state index < -0.39 is 0 Å². The summed E-state index contributed by atoms with van der Waals surface area (Å²) in [5.41, 5.74) is 0.576. The van der Waals surface area contributed by atoms with Gasteiger partial charge in [0.1, 0.15) is 5.60 Å². The molecule has 0 amide bonds. The molecular weight excluding hydrogens is 381 g/mol. The summed E-state index contributed by atoms with van der Waals surface area (Å²) in [4.78, 5) is 12.5. The second-order valence-corrected chi connectivity index (χ2v) is 7.40. The highest BCUT2D eigenvalue weighted by Gasteiger charge is 2.14. The maximum atomic E-state index is 10.2. The number of esters is 1. The first-order chi connectivity index (χ1) is 12.5. The van der Waals surface area contributed by atoms with E-state index in [1.54, 1.807) is 6.08 Å². The van der Waals surface area contributed by atoms with Crippen LogP contribution in [0.2, 0.25) is 0 Å². The number of unbranched alkanes of at least 4 members (excludes halogenated alkanes) is 1. The van der Waals surface area contributed by atoms with Crippen LogP contribution in [0.5, 0.6) is 0 Å². The number of carbonyl (C=O) groups excluding carboxylic acids is 1. The van der Waals surface area contributed by atoms with E-state index in [1.165, 1.54) is 6.92 Å². The predicted molar refractivity (Wildman–Crippen MR) is 122 cm³/mol. The Kier molecular flexibility index (Phi) is 21.0. The lowest BCUT2D eigenvalue weighted by atomic mass is 10.2. The lowest BCUT2D eigenvalue weighted by Gasteiger charge is -2.27. The molecule has 0 unspecified atom stereocenters. The molecule has 0 rings (SSSR count). The molecule has 0 spiro atoms. The molecule has 0 N–H and O–H groups in total. The minimum absolute atomic E-state index is 0.225. The van der Waals surface area contributed by atoms with Crippen molar-refractivity contribution in [2.24, 2.45) is 0 Å². The number of nitrogens with zero attached hydrogens (tertiary/aromatic N) is 1. The lowest BCUT2D eigenvalue weighted by molar-refractivity contribution is -0.151. The van der Waals surface area contributed by atoms with E-state index in [-0.39, 0.29) is 11.6 Å². The molecule has 0 saturated carbocycles. The number of halogens is 2. The van der Waals surface area contributed by atoms with Gasteiger partial charge in [-0.1, -0.05) is 70.0 Å². The Morgan fingerprint density at radius 1 is 1.11 bits per heavy atom. The number of carbonyl (C=O) groups is 1. The zero-order chi connectivity index (χ0) is 22.0. The molecule has 0 saturated heterocycles. The van der Waals surface area contributed by atoms with Crippen LogP contribution in [0.1, 0.15) is 81.6 Å². The highest BCUT2D eigenvalue weighted by Crippen LogP contribution is 2.26. The normalized spacial score (nSPS) is 11.9. The molecule has 160 valence electrons. The molecule has 0 aromatic rings. The van der Waals surface area contributed by atoms with Crippen LogP contribution < -0.4 is 0 Å². The van der Waals surface area contributed by atoms with Gasteiger partial charge in [-0.15, -0.1) is 0 Å². The van der Waals surface area contributed by atoms with E-state index in [2.05, 4.69) is 25.3 Å². The molecule has 0 atom stereocenters. The zero-order valence-electron chi connectivity index (χ0n) is 18.9. The van der Waals surface area contributed by atoms with Crippen molar-refractivity contribution in [3.8, 4) is 0 Å². The maximum absolute atomic E-state index is 10.2. The van der Waals surface area contributed by atoms with Gasteiger partial charge in [-0.2, -0.15) is 0 Å². The van der Waals surface area contributed by atoms with Gasteiger partial charge in [0.2, 0.25) is 0 Å². The fourth-order valence-corrected chi connectivity index (χ4v) is 2.53. The quantitative estimate of drug-likeness (QED) is 0.297. The van der Waals surface area contributed by atoms with Crippen molar-refractivity contribution in [2.75, 3.05) is 13.1 Å². The molecule has 0 aromatic heterocycles. The molecule has 0 radical (unpaired) electrons. The first-order valence-electron chi connectivity index (χ1n) is 9.82. The van der Waals surface area contributed by atoms with Crippen molar-refractivity contribution >= 4 is 29.2 Å². The predicted octanol–water partition coefficient (Wildman–Crippen LogP) is 7.65. The van der Waals surface area contributed by atoms with Crippen LogP contribution >= 0.6 is 23.2 Å². The highest BCUT2D eigenvalue weighted by molar-refractivity contribution is 6.36. The van der Waals surface area contributed by atoms with E-state index in [0.717, 1.165) is 38.0 Å². The van der Waals surface area contributed by atoms with Crippen molar-refractivity contribution in [1.29, 1.82) is 0 Å². The first kappa shape index (κ1) is 30.8. The molecule has 5 heteroatoms. The average molecular weight is 422 g/mol. The summed E-state index contributed by atoms with van der Waals surface area (Å²) in [5, 5.41) is 1.32. The largest absolute Gasteiger partial charge is 0.460 e. The zero-order valence-corrected chi connectivity index (χ0v) is 20.4. The Morgan fingerprint density at radius 2 is 1.63 bits per heavy atom. The summed E-state index contributed by atoms with van der Waals surface area (Å²) < 4.78 is 4.80. The Hall–Kier alpha value is -0.930. The van der Waals surface area contributed by atoms with Gasteiger partial charge in [-0.3, -0.25) is 4.79 Å². The van der Waals surface area contributed by atoms with Crippen molar-refractivity contribution in [2.45, 2.75) is 87.2 Å². The van der Waals surface area contributed by atoms with Gasteiger partial charge in [-0.05, 0) is 46.6 Å². The number of rotatable bonds is 8. The van der Waals surface area contributed by atoms with Crippen molar-refractivity contribution in [1.82, 2.24) is 4.90 Å². The Labute approximate surface area is 178 Å². The Bertz CT molecular complexity index is 463. The number of hydrogen-bond acceptors (Lipinski definition) is 3. The van der Waals surface area contributed by atoms with Crippen LogP contribution in [0.15, 0.2) is 34.5 Å². The fourth-order valence-electron chi connectivity index (χ4n) is 2.04. The second kappa shape index (κ2) is 18.4. The van der Waals surface area contributed by atoms with E-state index in [1.807, 2.05) is 47.6 Å². The molecule has 0 aliphatic heterocycles. The van der Waals surface area contributed by atoms with Gasteiger partial charge < -0.3 is 9.64 Å². The number of allylic oxidation sites excluding steroid dienone is 4. The molecule has 0 aliphatic carbocycles. The second-order valence-electron chi connectivity index (χ2n) is 6.58. The molecule has 27 heavy (non-hydrogen) atoms. The standard InChI is InChI=1S/C14H23Cl2N.C6H12O2.C2H6/c1-5-9-11-17(10-6-2)14(12(15)7-3)13(16)8-4;1-5(7)8-6(2,3)4;1-2/h7-8H,3,5-6,9-11H2,1-2,4H3;1-4H3;1-2H3/b13-8+,14-12-;;. The topological polar surface area (TPSA) is 29.5 Å². The molecule has 3 nitrogen and oxygen atoms in total. The maximum Gasteiger partial charge on any atom is 0.303 e. The van der Waals surface area contributed by atoms with Crippen LogP contribution in [-0.4, -0.2) is 29.6 Å². The van der Waals surface area contributed by atoms with Gasteiger partial charge in [0, 0.05) is 20.0 Å². The molecule has 0 fully saturated rings. The van der Waals surface area contributed by atoms with Gasteiger partial charge in [0.25, 0.3) is 0 Å². The highest BCUT2D eigenvalue weighted by atomic mass is 35.5. The fraction of sp³-hybridized carbons (Fsp3) is 0.682. The lowest BCUT2D eigenvalue weighted by Crippen LogP contribution is -2.26. The first-order valence-corrected chi connectivity index (χ1v) is 10.6. The third kappa shape index (κ3) is 18.2. The van der Waals surface area contributed by atoms with E-state index >= 15 is 0 Å². The van der Waals surface area contributed by atoms with Crippen LogP contribution in [0.4, 0.5) is 0 Å². The smallest absolute Gasteiger partial charge is 0.303 e. The van der Waals surface area contributed by atoms with Crippen molar-refractivity contribution in [3.63, 3.8) is 0 Å². The van der Waals surface area contributed by atoms with Gasteiger partial charge >= 0.3 is 5.97 Å². The summed E-state index contributed by atoms with van der Waals surface area (Å²) in [6.07, 6.45) is 6.89. The minimum Gasteiger partial charge on any atom is -0.460 e.